The fourth-order valence-electron chi connectivity index (χ4n) is 1.13. The highest BCUT2D eigenvalue weighted by Gasteiger charge is 1.98. The summed E-state index contributed by atoms with van der Waals surface area (Å²) < 4.78 is 23.9. The van der Waals surface area contributed by atoms with Crippen LogP contribution in [0.5, 0.6) is 0 Å². The normalized spacial score (nSPS) is 11.3. The molecule has 0 aliphatic heterocycles. The molecule has 1 aromatic carbocycles. The van der Waals surface area contributed by atoms with Crippen molar-refractivity contribution in [3.8, 4) is 0 Å². The van der Waals surface area contributed by atoms with Gasteiger partial charge >= 0.3 is 0 Å². The van der Waals surface area contributed by atoms with Crippen LogP contribution in [0.3, 0.4) is 0 Å². The van der Waals surface area contributed by atoms with E-state index in [-0.39, 0.29) is 0 Å². The maximum Gasteiger partial charge on any atom is 0.208 e. The number of hydrogen-bond donors (Lipinski definition) is 2. The molecular weight excluding hydrogens is 212 g/mol. The van der Waals surface area contributed by atoms with Crippen LogP contribution in [0.25, 0.3) is 0 Å². The highest BCUT2D eigenvalue weighted by atomic mass is 32.2. The Morgan fingerprint density at radius 1 is 1.13 bits per heavy atom. The van der Waals surface area contributed by atoms with Crippen LogP contribution in [-0.2, 0) is 10.0 Å². The molecule has 4 nitrogen and oxygen atoms in total. The van der Waals surface area contributed by atoms with Gasteiger partial charge in [-0.2, -0.15) is 0 Å². The SMILES string of the molecule is CS(=O)(=O)NCCCNc1ccccc1. The number of nitrogens with one attached hydrogen (secondary N) is 2. The fraction of sp³-hybridized carbons (Fsp3) is 0.400. The van der Waals surface area contributed by atoms with Crippen LogP contribution in [0.1, 0.15) is 6.42 Å². The van der Waals surface area contributed by atoms with Crippen molar-refractivity contribution in [2.24, 2.45) is 0 Å². The molecule has 0 aliphatic rings. The van der Waals surface area contributed by atoms with Gasteiger partial charge in [-0.3, -0.25) is 0 Å². The summed E-state index contributed by atoms with van der Waals surface area (Å²) in [5.41, 5.74) is 1.05. The zero-order chi connectivity index (χ0) is 11.1. The van der Waals surface area contributed by atoms with Crippen LogP contribution < -0.4 is 10.0 Å². The molecule has 0 aliphatic carbocycles. The largest absolute Gasteiger partial charge is 0.385 e. The minimum atomic E-state index is -3.05. The fourth-order valence-corrected chi connectivity index (χ4v) is 1.65. The maximum atomic E-state index is 10.7. The summed E-state index contributed by atoms with van der Waals surface area (Å²) in [4.78, 5) is 0. The predicted molar refractivity (Wildman–Crippen MR) is 62.4 cm³/mol. The van der Waals surface area contributed by atoms with E-state index < -0.39 is 10.0 Å². The summed E-state index contributed by atoms with van der Waals surface area (Å²) >= 11 is 0. The summed E-state index contributed by atoms with van der Waals surface area (Å²) in [5.74, 6) is 0. The van der Waals surface area contributed by atoms with Crippen molar-refractivity contribution in [2.75, 3.05) is 24.7 Å². The van der Waals surface area contributed by atoms with Gasteiger partial charge in [0, 0.05) is 18.8 Å². The van der Waals surface area contributed by atoms with Crippen LogP contribution in [-0.4, -0.2) is 27.8 Å². The molecule has 15 heavy (non-hydrogen) atoms. The molecule has 0 fully saturated rings. The second kappa shape index (κ2) is 5.72. The first-order valence-corrected chi connectivity index (χ1v) is 6.70. The standard InChI is InChI=1S/C10H16N2O2S/c1-15(13,14)12-9-5-8-11-10-6-3-2-4-7-10/h2-4,6-7,11-12H,5,8-9H2,1H3. The van der Waals surface area contributed by atoms with Gasteiger partial charge < -0.3 is 5.32 Å². The first kappa shape index (κ1) is 12.0. The van der Waals surface area contributed by atoms with E-state index in [0.29, 0.717) is 6.54 Å². The molecule has 0 unspecified atom stereocenters. The van der Waals surface area contributed by atoms with Gasteiger partial charge in [-0.15, -0.1) is 0 Å². The van der Waals surface area contributed by atoms with Gasteiger partial charge in [0.05, 0.1) is 6.26 Å². The summed E-state index contributed by atoms with van der Waals surface area (Å²) in [7, 11) is -3.05. The molecule has 0 aromatic heterocycles. The molecule has 5 heteroatoms. The lowest BCUT2D eigenvalue weighted by atomic mass is 10.3. The van der Waals surface area contributed by atoms with Gasteiger partial charge in [-0.1, -0.05) is 18.2 Å². The smallest absolute Gasteiger partial charge is 0.208 e. The molecule has 0 radical (unpaired) electrons. The van der Waals surface area contributed by atoms with Gasteiger partial charge in [-0.05, 0) is 18.6 Å². The molecular formula is C10H16N2O2S. The van der Waals surface area contributed by atoms with Crippen molar-refractivity contribution < 1.29 is 8.42 Å². The Hall–Kier alpha value is -1.07. The van der Waals surface area contributed by atoms with Crippen LogP contribution in [0.4, 0.5) is 5.69 Å². The average Bonchev–Trinajstić information content (AvgIpc) is 2.17. The maximum absolute atomic E-state index is 10.7. The molecule has 84 valence electrons. The van der Waals surface area contributed by atoms with E-state index in [1.165, 1.54) is 0 Å². The van der Waals surface area contributed by atoms with Gasteiger partial charge in [0.1, 0.15) is 0 Å². The van der Waals surface area contributed by atoms with E-state index in [2.05, 4.69) is 10.0 Å². The zero-order valence-corrected chi connectivity index (χ0v) is 9.55. The summed E-state index contributed by atoms with van der Waals surface area (Å²) in [5, 5.41) is 3.20. The topological polar surface area (TPSA) is 58.2 Å². The van der Waals surface area contributed by atoms with E-state index in [0.717, 1.165) is 24.9 Å². The van der Waals surface area contributed by atoms with Gasteiger partial charge in [0.25, 0.3) is 0 Å². The molecule has 0 spiro atoms. The van der Waals surface area contributed by atoms with Crippen molar-refractivity contribution in [3.63, 3.8) is 0 Å². The van der Waals surface area contributed by atoms with Gasteiger partial charge in [0.2, 0.25) is 10.0 Å². The first-order valence-electron chi connectivity index (χ1n) is 4.81. The monoisotopic (exact) mass is 228 g/mol. The Bertz CT molecular complexity index is 376. The minimum absolute atomic E-state index is 0.471. The van der Waals surface area contributed by atoms with E-state index >= 15 is 0 Å². The van der Waals surface area contributed by atoms with Gasteiger partial charge in [0.15, 0.2) is 0 Å². The highest BCUT2D eigenvalue weighted by molar-refractivity contribution is 7.88. The predicted octanol–water partition coefficient (Wildman–Crippen LogP) is 1.04. The van der Waals surface area contributed by atoms with Crippen molar-refractivity contribution in [2.45, 2.75) is 6.42 Å². The average molecular weight is 228 g/mol. The van der Waals surface area contributed by atoms with E-state index in [9.17, 15) is 8.42 Å². The Kier molecular flexibility index (Phi) is 4.58. The number of hydrogen-bond acceptors (Lipinski definition) is 3. The molecule has 0 heterocycles. The number of benzene rings is 1. The lowest BCUT2D eigenvalue weighted by molar-refractivity contribution is 0.586. The molecule has 0 saturated carbocycles. The molecule has 0 amide bonds. The van der Waals surface area contributed by atoms with E-state index in [1.807, 2.05) is 30.3 Å². The van der Waals surface area contributed by atoms with Crippen LogP contribution >= 0.6 is 0 Å². The molecule has 0 saturated heterocycles. The Balaban J connectivity index is 2.13. The minimum Gasteiger partial charge on any atom is -0.385 e. The van der Waals surface area contributed by atoms with Crippen molar-refractivity contribution >= 4 is 15.7 Å². The highest BCUT2D eigenvalue weighted by Crippen LogP contribution is 2.03. The third-order valence-corrected chi connectivity index (χ3v) is 2.55. The first-order chi connectivity index (χ1) is 7.08. The third kappa shape index (κ3) is 6.09. The Labute approximate surface area is 90.8 Å². The van der Waals surface area contributed by atoms with Crippen molar-refractivity contribution in [1.82, 2.24) is 4.72 Å². The Morgan fingerprint density at radius 3 is 2.40 bits per heavy atom. The molecule has 0 atom stereocenters. The number of rotatable bonds is 6. The second-order valence-electron chi connectivity index (χ2n) is 3.31. The van der Waals surface area contributed by atoms with Crippen LogP contribution in [0, 0.1) is 0 Å². The van der Waals surface area contributed by atoms with E-state index in [1.54, 1.807) is 0 Å². The molecule has 1 aromatic rings. The zero-order valence-electron chi connectivity index (χ0n) is 8.73. The van der Waals surface area contributed by atoms with E-state index in [4.69, 9.17) is 0 Å². The summed E-state index contributed by atoms with van der Waals surface area (Å²) in [6.45, 7) is 1.23. The van der Waals surface area contributed by atoms with Crippen molar-refractivity contribution in [1.29, 1.82) is 0 Å². The van der Waals surface area contributed by atoms with Gasteiger partial charge in [-0.25, -0.2) is 13.1 Å². The summed E-state index contributed by atoms with van der Waals surface area (Å²) in [6.07, 6.45) is 1.93. The molecule has 1 rings (SSSR count). The number of sulfonamides is 1. The quantitative estimate of drug-likeness (QED) is 0.715. The lowest BCUT2D eigenvalue weighted by Gasteiger charge is -2.05. The number of anilines is 1. The van der Waals surface area contributed by atoms with Crippen molar-refractivity contribution in [3.05, 3.63) is 30.3 Å². The molecule has 0 bridgehead atoms. The molecule has 2 N–H and O–H groups in total. The van der Waals surface area contributed by atoms with Crippen LogP contribution in [0.2, 0.25) is 0 Å². The summed E-state index contributed by atoms with van der Waals surface area (Å²) in [6, 6.07) is 9.82. The second-order valence-corrected chi connectivity index (χ2v) is 5.15. The Morgan fingerprint density at radius 2 is 1.80 bits per heavy atom. The third-order valence-electron chi connectivity index (χ3n) is 1.82. The lowest BCUT2D eigenvalue weighted by Crippen LogP contribution is -2.24. The van der Waals surface area contributed by atoms with Crippen LogP contribution in [0.15, 0.2) is 30.3 Å². The number of para-hydroxylation sites is 1.